The lowest BCUT2D eigenvalue weighted by molar-refractivity contribution is 0.117. The molecule has 108 valence electrons. The Kier molecular flexibility index (Phi) is 5.95. The molecular weight excluding hydrogens is 241 g/mol. The zero-order valence-corrected chi connectivity index (χ0v) is 12.4. The van der Waals surface area contributed by atoms with E-state index in [0.717, 1.165) is 18.4 Å². The van der Waals surface area contributed by atoms with E-state index in [-0.39, 0.29) is 23.4 Å². The Bertz CT molecular complexity index is 387. The summed E-state index contributed by atoms with van der Waals surface area (Å²) in [5.74, 6) is -0.197. The highest BCUT2D eigenvalue weighted by Gasteiger charge is 2.17. The number of halogens is 1. The maximum absolute atomic E-state index is 13.1. The summed E-state index contributed by atoms with van der Waals surface area (Å²) in [6.45, 7) is 8.98. The van der Waals surface area contributed by atoms with Crippen LogP contribution < -0.4 is 5.32 Å². The second-order valence-corrected chi connectivity index (χ2v) is 6.56. The third kappa shape index (κ3) is 7.28. The lowest BCUT2D eigenvalue weighted by Crippen LogP contribution is -2.36. The van der Waals surface area contributed by atoms with E-state index in [2.05, 4.69) is 33.0 Å². The Balaban J connectivity index is 2.34. The van der Waals surface area contributed by atoms with Crippen LogP contribution in [0.15, 0.2) is 24.3 Å². The number of aliphatic hydroxyl groups is 1. The molecule has 0 amide bonds. The first-order chi connectivity index (χ1) is 8.76. The predicted octanol–water partition coefficient (Wildman–Crippen LogP) is 3.14. The average molecular weight is 267 g/mol. The van der Waals surface area contributed by atoms with Crippen molar-refractivity contribution in [2.24, 2.45) is 5.41 Å². The summed E-state index contributed by atoms with van der Waals surface area (Å²) in [5.41, 5.74) is 1.11. The van der Waals surface area contributed by atoms with E-state index in [1.165, 1.54) is 6.07 Å². The second kappa shape index (κ2) is 7.01. The molecule has 1 aromatic carbocycles. The van der Waals surface area contributed by atoms with Crippen LogP contribution >= 0.6 is 0 Å². The van der Waals surface area contributed by atoms with E-state index >= 15 is 0 Å². The number of rotatable bonds is 6. The van der Waals surface area contributed by atoms with Crippen molar-refractivity contribution < 1.29 is 9.50 Å². The van der Waals surface area contributed by atoms with Crippen LogP contribution in [0.3, 0.4) is 0 Å². The van der Waals surface area contributed by atoms with Crippen LogP contribution in [0.25, 0.3) is 0 Å². The van der Waals surface area contributed by atoms with Gasteiger partial charge in [-0.05, 0) is 42.9 Å². The molecule has 2 N–H and O–H groups in total. The Morgan fingerprint density at radius 3 is 2.58 bits per heavy atom. The minimum Gasteiger partial charge on any atom is -0.392 e. The number of hydrogen-bond acceptors (Lipinski definition) is 2. The first-order valence-corrected chi connectivity index (χ1v) is 6.92. The van der Waals surface area contributed by atoms with Crippen molar-refractivity contribution in [2.45, 2.75) is 52.7 Å². The first kappa shape index (κ1) is 16.1. The van der Waals surface area contributed by atoms with Gasteiger partial charge in [-0.25, -0.2) is 4.39 Å². The van der Waals surface area contributed by atoms with Gasteiger partial charge >= 0.3 is 0 Å². The molecule has 0 bridgehead atoms. The zero-order chi connectivity index (χ0) is 14.5. The molecule has 0 fully saturated rings. The largest absolute Gasteiger partial charge is 0.392 e. The van der Waals surface area contributed by atoms with Crippen molar-refractivity contribution in [1.82, 2.24) is 5.32 Å². The van der Waals surface area contributed by atoms with Crippen LogP contribution in [0.5, 0.6) is 0 Å². The highest BCUT2D eigenvalue weighted by atomic mass is 19.1. The molecule has 19 heavy (non-hydrogen) atoms. The van der Waals surface area contributed by atoms with E-state index in [1.807, 2.05) is 6.07 Å². The minimum absolute atomic E-state index is 0.132. The van der Waals surface area contributed by atoms with Crippen LogP contribution in [0.2, 0.25) is 0 Å². The summed E-state index contributed by atoms with van der Waals surface area (Å²) in [7, 11) is 0. The quantitative estimate of drug-likeness (QED) is 0.830. The topological polar surface area (TPSA) is 32.3 Å². The molecule has 0 aromatic heterocycles. The molecular formula is C16H26FNO. The third-order valence-corrected chi connectivity index (χ3v) is 2.98. The summed E-state index contributed by atoms with van der Waals surface area (Å²) in [4.78, 5) is 0. The summed E-state index contributed by atoms with van der Waals surface area (Å²) < 4.78 is 13.1. The fraction of sp³-hybridized carbons (Fsp3) is 0.625. The van der Waals surface area contributed by atoms with Crippen molar-refractivity contribution in [3.8, 4) is 0 Å². The molecule has 0 radical (unpaired) electrons. The van der Waals surface area contributed by atoms with E-state index < -0.39 is 0 Å². The van der Waals surface area contributed by atoms with Crippen LogP contribution in [0.4, 0.5) is 4.39 Å². The number of nitrogens with one attached hydrogen (secondary N) is 1. The van der Waals surface area contributed by atoms with Crippen molar-refractivity contribution >= 4 is 0 Å². The van der Waals surface area contributed by atoms with Gasteiger partial charge in [-0.1, -0.05) is 32.9 Å². The third-order valence-electron chi connectivity index (χ3n) is 2.98. The molecule has 0 aliphatic heterocycles. The zero-order valence-electron chi connectivity index (χ0n) is 12.4. The normalized spacial score (nSPS) is 15.3. The molecule has 0 spiro atoms. The fourth-order valence-electron chi connectivity index (χ4n) is 2.21. The number of benzene rings is 1. The van der Waals surface area contributed by atoms with Crippen LogP contribution in [0, 0.1) is 11.2 Å². The number of hydrogen-bond donors (Lipinski definition) is 2. The Hall–Kier alpha value is -0.930. The highest BCUT2D eigenvalue weighted by Crippen LogP contribution is 2.20. The lowest BCUT2D eigenvalue weighted by atomic mass is 9.89. The maximum atomic E-state index is 13.1. The van der Waals surface area contributed by atoms with E-state index in [4.69, 9.17) is 0 Å². The van der Waals surface area contributed by atoms with Crippen molar-refractivity contribution in [3.05, 3.63) is 35.6 Å². The fourth-order valence-corrected chi connectivity index (χ4v) is 2.21. The van der Waals surface area contributed by atoms with Crippen molar-refractivity contribution in [1.29, 1.82) is 0 Å². The van der Waals surface area contributed by atoms with E-state index in [1.54, 1.807) is 12.1 Å². The SMILES string of the molecule is CC(Cc1cccc(F)c1)NCC(O)CC(C)(C)C. The molecule has 0 saturated carbocycles. The van der Waals surface area contributed by atoms with Crippen LogP contribution in [0.1, 0.15) is 39.7 Å². The highest BCUT2D eigenvalue weighted by molar-refractivity contribution is 5.17. The molecule has 2 unspecified atom stereocenters. The molecule has 0 saturated heterocycles. The maximum Gasteiger partial charge on any atom is 0.123 e. The molecule has 0 aliphatic carbocycles. The van der Waals surface area contributed by atoms with Gasteiger partial charge in [0.2, 0.25) is 0 Å². The summed E-state index contributed by atoms with van der Waals surface area (Å²) in [6.07, 6.45) is 1.20. The molecule has 2 nitrogen and oxygen atoms in total. The summed E-state index contributed by atoms with van der Waals surface area (Å²) in [5, 5.41) is 13.2. The van der Waals surface area contributed by atoms with Gasteiger partial charge in [-0.3, -0.25) is 0 Å². The van der Waals surface area contributed by atoms with Crippen LogP contribution in [-0.4, -0.2) is 23.8 Å². The lowest BCUT2D eigenvalue weighted by Gasteiger charge is -2.24. The van der Waals surface area contributed by atoms with Gasteiger partial charge in [-0.15, -0.1) is 0 Å². The monoisotopic (exact) mass is 267 g/mol. The predicted molar refractivity (Wildman–Crippen MR) is 77.6 cm³/mol. The summed E-state index contributed by atoms with van der Waals surface area (Å²) in [6, 6.07) is 6.88. The van der Waals surface area contributed by atoms with Gasteiger partial charge in [0.1, 0.15) is 5.82 Å². The minimum atomic E-state index is -0.338. The standard InChI is InChI=1S/C16H26FNO/c1-12(8-13-6-5-7-14(17)9-13)18-11-15(19)10-16(2,3)4/h5-7,9,12,15,18-19H,8,10-11H2,1-4H3. The van der Waals surface area contributed by atoms with Gasteiger partial charge < -0.3 is 10.4 Å². The van der Waals surface area contributed by atoms with Gasteiger partial charge in [-0.2, -0.15) is 0 Å². The van der Waals surface area contributed by atoms with Crippen LogP contribution in [-0.2, 0) is 6.42 Å². The molecule has 3 heteroatoms. The van der Waals surface area contributed by atoms with Crippen molar-refractivity contribution in [3.63, 3.8) is 0 Å². The van der Waals surface area contributed by atoms with Gasteiger partial charge in [0.15, 0.2) is 0 Å². The smallest absolute Gasteiger partial charge is 0.123 e. The molecule has 1 rings (SSSR count). The van der Waals surface area contributed by atoms with Crippen molar-refractivity contribution in [2.75, 3.05) is 6.54 Å². The Morgan fingerprint density at radius 2 is 2.00 bits per heavy atom. The number of aliphatic hydroxyl groups excluding tert-OH is 1. The molecule has 0 aliphatic rings. The Morgan fingerprint density at radius 1 is 1.32 bits per heavy atom. The van der Waals surface area contributed by atoms with Gasteiger partial charge in [0, 0.05) is 12.6 Å². The molecule has 1 aromatic rings. The molecule has 0 heterocycles. The second-order valence-electron chi connectivity index (χ2n) is 6.56. The Labute approximate surface area is 116 Å². The van der Waals surface area contributed by atoms with Gasteiger partial charge in [0.25, 0.3) is 0 Å². The van der Waals surface area contributed by atoms with E-state index in [0.29, 0.717) is 6.54 Å². The molecule has 2 atom stereocenters. The summed E-state index contributed by atoms with van der Waals surface area (Å²) >= 11 is 0. The average Bonchev–Trinajstić information content (AvgIpc) is 2.24. The first-order valence-electron chi connectivity index (χ1n) is 6.92. The van der Waals surface area contributed by atoms with Gasteiger partial charge in [0.05, 0.1) is 6.10 Å². The van der Waals surface area contributed by atoms with E-state index in [9.17, 15) is 9.50 Å².